The lowest BCUT2D eigenvalue weighted by atomic mass is 10.1. The Kier molecular flexibility index (Phi) is 8.74. The van der Waals surface area contributed by atoms with E-state index in [0.29, 0.717) is 13.0 Å². The van der Waals surface area contributed by atoms with Crippen LogP contribution in [0.3, 0.4) is 0 Å². The predicted octanol–water partition coefficient (Wildman–Crippen LogP) is 3.47. The highest BCUT2D eigenvalue weighted by Gasteiger charge is 2.06. The second-order valence-corrected chi connectivity index (χ2v) is 5.86. The number of carbonyl (C=O) groups excluding carboxylic acids is 1. The van der Waals surface area contributed by atoms with Gasteiger partial charge in [-0.1, -0.05) is 25.0 Å². The van der Waals surface area contributed by atoms with Gasteiger partial charge in [-0.2, -0.15) is 0 Å². The number of rotatable bonds is 9. The average molecular weight is 338 g/mol. The average Bonchev–Trinajstić information content (AvgIpc) is 2.92. The zero-order valence-corrected chi connectivity index (χ0v) is 14.7. The number of halogens is 1. The molecule has 0 saturated heterocycles. The van der Waals surface area contributed by atoms with Gasteiger partial charge in [0.05, 0.1) is 0 Å². The molecule has 2 rings (SSSR count). The summed E-state index contributed by atoms with van der Waals surface area (Å²) in [6, 6.07) is 6.27. The molecule has 5 heteroatoms. The molecule has 23 heavy (non-hydrogen) atoms. The lowest BCUT2D eigenvalue weighted by molar-refractivity contribution is -0.121. The zero-order chi connectivity index (χ0) is 15.8. The largest absolute Gasteiger partial charge is 0.361 e. The summed E-state index contributed by atoms with van der Waals surface area (Å²) >= 11 is 0. The Balaban J connectivity index is 0.00000264. The van der Waals surface area contributed by atoms with Crippen molar-refractivity contribution in [3.8, 4) is 0 Å². The zero-order valence-electron chi connectivity index (χ0n) is 13.9. The Morgan fingerprint density at radius 3 is 2.78 bits per heavy atom. The maximum atomic E-state index is 11.8. The summed E-state index contributed by atoms with van der Waals surface area (Å²) in [6.45, 7) is 3.57. The molecule has 0 atom stereocenters. The van der Waals surface area contributed by atoms with Crippen LogP contribution in [0.25, 0.3) is 10.9 Å². The number of nitrogens with two attached hydrogens (primary N) is 1. The number of fused-ring (bicyclic) bond motifs is 1. The Labute approximate surface area is 144 Å². The molecule has 4 N–H and O–H groups in total. The van der Waals surface area contributed by atoms with Crippen LogP contribution < -0.4 is 11.1 Å². The van der Waals surface area contributed by atoms with E-state index in [1.165, 1.54) is 22.0 Å². The highest BCUT2D eigenvalue weighted by atomic mass is 35.5. The molecular formula is C18H28ClN3O. The number of benzene rings is 1. The topological polar surface area (TPSA) is 70.9 Å². The third-order valence-electron chi connectivity index (χ3n) is 4.07. The van der Waals surface area contributed by atoms with Gasteiger partial charge in [-0.3, -0.25) is 4.79 Å². The molecule has 0 radical (unpaired) electrons. The summed E-state index contributed by atoms with van der Waals surface area (Å²) in [5.41, 5.74) is 9.17. The molecule has 1 heterocycles. The number of amides is 1. The minimum absolute atomic E-state index is 0. The monoisotopic (exact) mass is 337 g/mol. The van der Waals surface area contributed by atoms with Crippen molar-refractivity contribution in [1.82, 2.24) is 10.3 Å². The van der Waals surface area contributed by atoms with Gasteiger partial charge in [-0.15, -0.1) is 12.4 Å². The molecule has 2 aromatic rings. The van der Waals surface area contributed by atoms with E-state index in [0.717, 1.165) is 38.6 Å². The Bertz CT molecular complexity index is 609. The molecule has 1 aromatic carbocycles. The van der Waals surface area contributed by atoms with Crippen molar-refractivity contribution in [2.45, 2.75) is 45.4 Å². The van der Waals surface area contributed by atoms with E-state index in [4.69, 9.17) is 5.73 Å². The first-order chi connectivity index (χ1) is 10.7. The number of unbranched alkanes of at least 4 members (excludes halogenated alkanes) is 3. The first-order valence-electron chi connectivity index (χ1n) is 8.24. The Morgan fingerprint density at radius 1 is 1.22 bits per heavy atom. The van der Waals surface area contributed by atoms with E-state index < -0.39 is 0 Å². The van der Waals surface area contributed by atoms with Gasteiger partial charge < -0.3 is 16.0 Å². The van der Waals surface area contributed by atoms with Gasteiger partial charge in [-0.25, -0.2) is 0 Å². The van der Waals surface area contributed by atoms with Gasteiger partial charge in [0.2, 0.25) is 5.91 Å². The van der Waals surface area contributed by atoms with Crippen LogP contribution >= 0.6 is 12.4 Å². The van der Waals surface area contributed by atoms with E-state index in [1.807, 2.05) is 0 Å². The SMILES string of the molecule is Cc1cccc2[nH]cc(CCNC(=O)CCCCCCN)c12.Cl. The number of aryl methyl sites for hydroxylation is 1. The summed E-state index contributed by atoms with van der Waals surface area (Å²) in [7, 11) is 0. The fraction of sp³-hybridized carbons (Fsp3) is 0.500. The molecule has 0 unspecified atom stereocenters. The molecule has 128 valence electrons. The highest BCUT2D eigenvalue weighted by Crippen LogP contribution is 2.22. The quantitative estimate of drug-likeness (QED) is 0.613. The van der Waals surface area contributed by atoms with Crippen molar-refractivity contribution in [2.24, 2.45) is 5.73 Å². The first-order valence-corrected chi connectivity index (χ1v) is 8.24. The normalized spacial score (nSPS) is 10.5. The van der Waals surface area contributed by atoms with Crippen LogP contribution in [-0.2, 0) is 11.2 Å². The van der Waals surface area contributed by atoms with Gasteiger partial charge >= 0.3 is 0 Å². The predicted molar refractivity (Wildman–Crippen MR) is 99.1 cm³/mol. The summed E-state index contributed by atoms with van der Waals surface area (Å²) in [5, 5.41) is 4.31. The third-order valence-corrected chi connectivity index (χ3v) is 4.07. The number of H-pyrrole nitrogens is 1. The van der Waals surface area contributed by atoms with Gasteiger partial charge in [0.1, 0.15) is 0 Å². The molecule has 0 aliphatic heterocycles. The van der Waals surface area contributed by atoms with E-state index >= 15 is 0 Å². The number of aromatic nitrogens is 1. The number of carbonyl (C=O) groups is 1. The molecule has 4 nitrogen and oxygen atoms in total. The summed E-state index contributed by atoms with van der Waals surface area (Å²) < 4.78 is 0. The first kappa shape index (κ1) is 19.5. The number of aromatic amines is 1. The molecule has 0 aliphatic carbocycles. The molecule has 1 aromatic heterocycles. The summed E-state index contributed by atoms with van der Waals surface area (Å²) in [6.07, 6.45) is 7.77. The second kappa shape index (κ2) is 10.3. The molecule has 0 saturated carbocycles. The maximum Gasteiger partial charge on any atom is 0.220 e. The molecule has 0 bridgehead atoms. The maximum absolute atomic E-state index is 11.8. The summed E-state index contributed by atoms with van der Waals surface area (Å²) in [4.78, 5) is 15.1. The van der Waals surface area contributed by atoms with Crippen molar-refractivity contribution < 1.29 is 4.79 Å². The Hall–Kier alpha value is -1.52. The number of hydrogen-bond donors (Lipinski definition) is 3. The van der Waals surface area contributed by atoms with E-state index in [9.17, 15) is 4.79 Å². The van der Waals surface area contributed by atoms with Gasteiger partial charge in [0.15, 0.2) is 0 Å². The van der Waals surface area contributed by atoms with Gasteiger partial charge in [-0.05, 0) is 49.9 Å². The molecule has 1 amide bonds. The van der Waals surface area contributed by atoms with Crippen LogP contribution in [0.2, 0.25) is 0 Å². The fourth-order valence-electron chi connectivity index (χ4n) is 2.86. The fourth-order valence-corrected chi connectivity index (χ4v) is 2.86. The van der Waals surface area contributed by atoms with E-state index in [2.05, 4.69) is 41.6 Å². The highest BCUT2D eigenvalue weighted by molar-refractivity contribution is 5.86. The van der Waals surface area contributed by atoms with Crippen molar-refractivity contribution in [3.05, 3.63) is 35.5 Å². The van der Waals surface area contributed by atoms with Gasteiger partial charge in [0.25, 0.3) is 0 Å². The van der Waals surface area contributed by atoms with Crippen molar-refractivity contribution >= 4 is 29.2 Å². The van der Waals surface area contributed by atoms with Crippen LogP contribution in [0, 0.1) is 6.92 Å². The Morgan fingerprint density at radius 2 is 2.00 bits per heavy atom. The van der Waals surface area contributed by atoms with Crippen molar-refractivity contribution in [3.63, 3.8) is 0 Å². The van der Waals surface area contributed by atoms with Crippen molar-refractivity contribution in [1.29, 1.82) is 0 Å². The standard InChI is InChI=1S/C18H27N3O.ClH/c1-14-7-6-8-16-18(14)15(13-21-16)10-12-20-17(22)9-4-2-3-5-11-19;/h6-8,13,21H,2-5,9-12,19H2,1H3,(H,20,22);1H. The minimum Gasteiger partial charge on any atom is -0.361 e. The smallest absolute Gasteiger partial charge is 0.220 e. The van der Waals surface area contributed by atoms with Crippen molar-refractivity contribution in [2.75, 3.05) is 13.1 Å². The molecule has 0 fully saturated rings. The van der Waals surface area contributed by atoms with E-state index in [1.54, 1.807) is 0 Å². The van der Waals surface area contributed by atoms with Crippen LogP contribution in [0.5, 0.6) is 0 Å². The van der Waals surface area contributed by atoms with Crippen LogP contribution in [0.15, 0.2) is 24.4 Å². The number of nitrogens with one attached hydrogen (secondary N) is 2. The van der Waals surface area contributed by atoms with Gasteiger partial charge in [0, 0.05) is 30.1 Å². The number of hydrogen-bond acceptors (Lipinski definition) is 2. The molecule has 0 spiro atoms. The summed E-state index contributed by atoms with van der Waals surface area (Å²) in [5.74, 6) is 0.157. The second-order valence-electron chi connectivity index (χ2n) is 5.86. The van der Waals surface area contributed by atoms with E-state index in [-0.39, 0.29) is 18.3 Å². The molecular weight excluding hydrogens is 310 g/mol. The lowest BCUT2D eigenvalue weighted by Gasteiger charge is -2.06. The molecule has 0 aliphatic rings. The third kappa shape index (κ3) is 5.88. The van der Waals surface area contributed by atoms with Crippen LogP contribution in [0.4, 0.5) is 0 Å². The lowest BCUT2D eigenvalue weighted by Crippen LogP contribution is -2.25. The van der Waals surface area contributed by atoms with Crippen LogP contribution in [0.1, 0.15) is 43.2 Å². The van der Waals surface area contributed by atoms with Crippen LogP contribution in [-0.4, -0.2) is 24.0 Å². The minimum atomic E-state index is 0.